The van der Waals surface area contributed by atoms with E-state index >= 15 is 0 Å². The van der Waals surface area contributed by atoms with Crippen LogP contribution >= 0.6 is 15.9 Å². The Labute approximate surface area is 127 Å². The second kappa shape index (κ2) is 6.62. The second-order valence-corrected chi connectivity index (χ2v) is 4.82. The van der Waals surface area contributed by atoms with E-state index in [1.807, 2.05) is 0 Å². The molecular formula is C14H10BrF2NO3. The van der Waals surface area contributed by atoms with E-state index in [-0.39, 0.29) is 23.6 Å². The quantitative estimate of drug-likeness (QED) is 0.454. The van der Waals surface area contributed by atoms with Crippen molar-refractivity contribution in [2.45, 2.75) is 11.9 Å². The summed E-state index contributed by atoms with van der Waals surface area (Å²) in [6, 6.07) is 7.42. The molecule has 0 fully saturated rings. The van der Waals surface area contributed by atoms with Crippen molar-refractivity contribution >= 4 is 21.6 Å². The lowest BCUT2D eigenvalue weighted by Crippen LogP contribution is -2.01. The van der Waals surface area contributed by atoms with Crippen LogP contribution in [0.25, 0.3) is 0 Å². The first-order valence-electron chi connectivity index (χ1n) is 5.90. The molecule has 110 valence electrons. The normalized spacial score (nSPS) is 10.4. The van der Waals surface area contributed by atoms with E-state index in [1.54, 1.807) is 6.07 Å². The van der Waals surface area contributed by atoms with Crippen LogP contribution in [-0.4, -0.2) is 4.92 Å². The molecule has 2 aromatic carbocycles. The van der Waals surface area contributed by atoms with Crippen molar-refractivity contribution in [3.63, 3.8) is 0 Å². The zero-order chi connectivity index (χ0) is 15.4. The summed E-state index contributed by atoms with van der Waals surface area (Å²) in [6.07, 6.45) is 0. The van der Waals surface area contributed by atoms with Crippen molar-refractivity contribution in [2.75, 3.05) is 0 Å². The second-order valence-electron chi connectivity index (χ2n) is 4.26. The van der Waals surface area contributed by atoms with Crippen LogP contribution in [0.5, 0.6) is 5.75 Å². The molecule has 7 heteroatoms. The van der Waals surface area contributed by atoms with Crippen LogP contribution in [-0.2, 0) is 11.9 Å². The molecule has 0 amide bonds. The number of halogens is 3. The predicted octanol–water partition coefficient (Wildman–Crippen LogP) is 4.35. The molecule has 0 unspecified atom stereocenters. The largest absolute Gasteiger partial charge is 0.482 e. The van der Waals surface area contributed by atoms with Gasteiger partial charge in [-0.25, -0.2) is 8.78 Å². The minimum Gasteiger partial charge on any atom is -0.482 e. The molecule has 0 radical (unpaired) electrons. The van der Waals surface area contributed by atoms with Crippen LogP contribution in [0, 0.1) is 21.7 Å². The Balaban J connectivity index is 2.23. The maximum absolute atomic E-state index is 13.1. The summed E-state index contributed by atoms with van der Waals surface area (Å²) in [4.78, 5) is 10.4. The van der Waals surface area contributed by atoms with E-state index in [4.69, 9.17) is 4.74 Å². The molecule has 0 saturated heterocycles. The third-order valence-corrected chi connectivity index (χ3v) is 3.34. The predicted molar refractivity (Wildman–Crippen MR) is 76.4 cm³/mol. The summed E-state index contributed by atoms with van der Waals surface area (Å²) in [5.74, 6) is -1.39. The third-order valence-electron chi connectivity index (χ3n) is 2.69. The van der Waals surface area contributed by atoms with Crippen LogP contribution < -0.4 is 4.74 Å². The number of benzene rings is 2. The fourth-order valence-electron chi connectivity index (χ4n) is 1.76. The Morgan fingerprint density at radius 1 is 1.10 bits per heavy atom. The summed E-state index contributed by atoms with van der Waals surface area (Å²) >= 11 is 3.24. The van der Waals surface area contributed by atoms with Gasteiger partial charge in [-0.15, -0.1) is 0 Å². The number of hydrogen-bond acceptors (Lipinski definition) is 3. The summed E-state index contributed by atoms with van der Waals surface area (Å²) in [6.45, 7) is -0.165. The van der Waals surface area contributed by atoms with Crippen LogP contribution in [0.1, 0.15) is 11.1 Å². The molecule has 4 nitrogen and oxygen atoms in total. The summed E-state index contributed by atoms with van der Waals surface area (Å²) < 4.78 is 31.5. The lowest BCUT2D eigenvalue weighted by Gasteiger charge is -2.08. The van der Waals surface area contributed by atoms with Gasteiger partial charge in [0, 0.05) is 17.5 Å². The highest BCUT2D eigenvalue weighted by molar-refractivity contribution is 9.08. The molecule has 2 aromatic rings. The summed E-state index contributed by atoms with van der Waals surface area (Å²) in [7, 11) is 0. The Bertz CT molecular complexity index is 659. The molecule has 0 atom stereocenters. The van der Waals surface area contributed by atoms with Crippen LogP contribution in [0.3, 0.4) is 0 Å². The van der Waals surface area contributed by atoms with Crippen molar-refractivity contribution in [1.29, 1.82) is 0 Å². The van der Waals surface area contributed by atoms with Crippen molar-refractivity contribution in [2.24, 2.45) is 0 Å². The maximum atomic E-state index is 13.1. The molecule has 0 heterocycles. The molecule has 0 aliphatic rings. The number of nitro groups is 1. The summed E-state index contributed by atoms with van der Waals surface area (Å²) in [5.41, 5.74) is 0.851. The highest BCUT2D eigenvalue weighted by Crippen LogP contribution is 2.29. The molecule has 2 rings (SSSR count). The van der Waals surface area contributed by atoms with Crippen molar-refractivity contribution in [3.05, 3.63) is 69.3 Å². The van der Waals surface area contributed by atoms with Crippen LogP contribution in [0.2, 0.25) is 0 Å². The van der Waals surface area contributed by atoms with Crippen molar-refractivity contribution in [3.8, 4) is 5.75 Å². The number of hydrogen-bond donors (Lipinski definition) is 0. The van der Waals surface area contributed by atoms with E-state index in [0.717, 1.165) is 23.8 Å². The molecular weight excluding hydrogens is 348 g/mol. The monoisotopic (exact) mass is 357 g/mol. The topological polar surface area (TPSA) is 52.4 Å². The van der Waals surface area contributed by atoms with Crippen LogP contribution in [0.4, 0.5) is 14.5 Å². The molecule has 0 aliphatic carbocycles. The SMILES string of the molecule is O=[N+]([O-])c1ccc(CBr)cc1OCc1cc(F)cc(F)c1. The van der Waals surface area contributed by atoms with Gasteiger partial charge in [0.25, 0.3) is 0 Å². The first-order valence-corrected chi connectivity index (χ1v) is 7.03. The van der Waals surface area contributed by atoms with Gasteiger partial charge < -0.3 is 4.74 Å². The average molecular weight is 358 g/mol. The number of rotatable bonds is 5. The fourth-order valence-corrected chi connectivity index (χ4v) is 2.11. The number of ether oxygens (including phenoxy) is 1. The van der Waals surface area contributed by atoms with Gasteiger partial charge in [0.15, 0.2) is 5.75 Å². The molecule has 0 bridgehead atoms. The molecule has 0 aromatic heterocycles. The van der Waals surface area contributed by atoms with Gasteiger partial charge in [-0.2, -0.15) is 0 Å². The van der Waals surface area contributed by atoms with Gasteiger partial charge in [-0.1, -0.05) is 22.0 Å². The van der Waals surface area contributed by atoms with Gasteiger partial charge in [0.1, 0.15) is 18.2 Å². The Kier molecular flexibility index (Phi) is 4.85. The van der Waals surface area contributed by atoms with Crippen LogP contribution in [0.15, 0.2) is 36.4 Å². The van der Waals surface area contributed by atoms with E-state index in [0.29, 0.717) is 5.33 Å². The highest BCUT2D eigenvalue weighted by Gasteiger charge is 2.15. The number of nitro benzene ring substituents is 1. The highest BCUT2D eigenvalue weighted by atomic mass is 79.9. The first kappa shape index (κ1) is 15.4. The number of alkyl halides is 1. The molecule has 0 saturated carbocycles. The lowest BCUT2D eigenvalue weighted by molar-refractivity contribution is -0.386. The smallest absolute Gasteiger partial charge is 0.310 e. The van der Waals surface area contributed by atoms with Crippen molar-refractivity contribution < 1.29 is 18.4 Å². The van der Waals surface area contributed by atoms with E-state index < -0.39 is 16.6 Å². The number of nitrogens with zero attached hydrogens (tertiary/aromatic N) is 1. The Hall–Kier alpha value is -2.02. The van der Waals surface area contributed by atoms with Gasteiger partial charge in [0.2, 0.25) is 0 Å². The minimum absolute atomic E-state index is 0.0571. The van der Waals surface area contributed by atoms with Crippen molar-refractivity contribution in [1.82, 2.24) is 0 Å². The lowest BCUT2D eigenvalue weighted by atomic mass is 10.2. The first-order chi connectivity index (χ1) is 9.99. The van der Waals surface area contributed by atoms with Gasteiger partial charge in [0.05, 0.1) is 4.92 Å². The minimum atomic E-state index is -0.725. The Morgan fingerprint density at radius 2 is 1.76 bits per heavy atom. The van der Waals surface area contributed by atoms with Gasteiger partial charge in [-0.3, -0.25) is 10.1 Å². The average Bonchev–Trinajstić information content (AvgIpc) is 2.43. The van der Waals surface area contributed by atoms with Gasteiger partial charge >= 0.3 is 5.69 Å². The Morgan fingerprint density at radius 3 is 2.33 bits per heavy atom. The third kappa shape index (κ3) is 3.98. The zero-order valence-corrected chi connectivity index (χ0v) is 12.3. The molecule has 0 N–H and O–H groups in total. The molecule has 21 heavy (non-hydrogen) atoms. The summed E-state index contributed by atoms with van der Waals surface area (Å²) in [5, 5.41) is 11.4. The van der Waals surface area contributed by atoms with Gasteiger partial charge in [-0.05, 0) is 29.3 Å². The zero-order valence-electron chi connectivity index (χ0n) is 10.7. The maximum Gasteiger partial charge on any atom is 0.310 e. The van der Waals surface area contributed by atoms with E-state index in [9.17, 15) is 18.9 Å². The van der Waals surface area contributed by atoms with E-state index in [1.165, 1.54) is 12.1 Å². The van der Waals surface area contributed by atoms with E-state index in [2.05, 4.69) is 15.9 Å². The molecule has 0 aliphatic heterocycles. The fraction of sp³-hybridized carbons (Fsp3) is 0.143. The standard InChI is InChI=1S/C14H10BrF2NO3/c15-7-9-1-2-13(18(19)20)14(5-9)21-8-10-3-11(16)6-12(17)4-10/h1-6H,7-8H2. The molecule has 0 spiro atoms.